The SMILES string of the molecule is NC(=O)C[C@H](NC(=O)c1ccc(Cl)c(F)c1)C(=O)O. The molecule has 4 N–H and O–H groups in total. The third-order valence-corrected chi connectivity index (χ3v) is 2.50. The number of nitrogens with one attached hydrogen (secondary N) is 1. The Morgan fingerprint density at radius 2 is 2.05 bits per heavy atom. The molecular weight excluding hydrogens is 279 g/mol. The molecule has 1 atom stereocenters. The fourth-order valence-corrected chi connectivity index (χ4v) is 1.40. The average molecular weight is 289 g/mol. The zero-order chi connectivity index (χ0) is 14.6. The third kappa shape index (κ3) is 4.22. The lowest BCUT2D eigenvalue weighted by molar-refractivity contribution is -0.140. The highest BCUT2D eigenvalue weighted by Crippen LogP contribution is 2.15. The first-order chi connectivity index (χ1) is 8.81. The monoisotopic (exact) mass is 288 g/mol. The van der Waals surface area contributed by atoms with Gasteiger partial charge in [0.05, 0.1) is 11.4 Å². The predicted octanol–water partition coefficient (Wildman–Crippen LogP) is 0.537. The summed E-state index contributed by atoms with van der Waals surface area (Å²) in [6.07, 6.45) is -0.558. The van der Waals surface area contributed by atoms with Crippen molar-refractivity contribution in [2.45, 2.75) is 12.5 Å². The molecule has 8 heteroatoms. The maximum absolute atomic E-state index is 13.1. The van der Waals surface area contributed by atoms with Gasteiger partial charge < -0.3 is 16.2 Å². The van der Waals surface area contributed by atoms with Crippen molar-refractivity contribution in [3.63, 3.8) is 0 Å². The Bertz CT molecular complexity index is 535. The number of nitrogens with two attached hydrogens (primary N) is 1. The Morgan fingerprint density at radius 3 is 2.53 bits per heavy atom. The summed E-state index contributed by atoms with van der Waals surface area (Å²) < 4.78 is 13.1. The fourth-order valence-electron chi connectivity index (χ4n) is 1.28. The lowest BCUT2D eigenvalue weighted by Gasteiger charge is -2.12. The summed E-state index contributed by atoms with van der Waals surface area (Å²) in [6, 6.07) is 1.78. The number of aliphatic carboxylic acids is 1. The highest BCUT2D eigenvalue weighted by Gasteiger charge is 2.23. The topological polar surface area (TPSA) is 109 Å². The summed E-state index contributed by atoms with van der Waals surface area (Å²) in [5.41, 5.74) is 4.75. The minimum Gasteiger partial charge on any atom is -0.480 e. The number of carboxylic acid groups (broad SMARTS) is 1. The van der Waals surface area contributed by atoms with Gasteiger partial charge in [0.2, 0.25) is 5.91 Å². The van der Waals surface area contributed by atoms with E-state index in [2.05, 4.69) is 5.32 Å². The first-order valence-corrected chi connectivity index (χ1v) is 5.46. The first-order valence-electron chi connectivity index (χ1n) is 5.08. The second-order valence-electron chi connectivity index (χ2n) is 3.66. The number of benzene rings is 1. The highest BCUT2D eigenvalue weighted by molar-refractivity contribution is 6.30. The van der Waals surface area contributed by atoms with E-state index in [-0.39, 0.29) is 10.6 Å². The zero-order valence-corrected chi connectivity index (χ0v) is 10.3. The van der Waals surface area contributed by atoms with Crippen molar-refractivity contribution in [2.75, 3.05) is 0 Å². The van der Waals surface area contributed by atoms with E-state index < -0.39 is 36.1 Å². The van der Waals surface area contributed by atoms with Crippen molar-refractivity contribution in [1.29, 1.82) is 0 Å². The van der Waals surface area contributed by atoms with Crippen molar-refractivity contribution in [2.24, 2.45) is 5.73 Å². The van der Waals surface area contributed by atoms with E-state index in [4.69, 9.17) is 22.4 Å². The van der Waals surface area contributed by atoms with Crippen LogP contribution in [0, 0.1) is 5.82 Å². The minimum absolute atomic E-state index is 0.113. The summed E-state index contributed by atoms with van der Waals surface area (Å²) in [6.45, 7) is 0. The largest absolute Gasteiger partial charge is 0.480 e. The highest BCUT2D eigenvalue weighted by atomic mass is 35.5. The molecule has 0 fully saturated rings. The lowest BCUT2D eigenvalue weighted by atomic mass is 10.1. The molecule has 0 unspecified atom stereocenters. The molecule has 0 saturated heterocycles. The molecule has 0 saturated carbocycles. The number of carboxylic acids is 1. The average Bonchev–Trinajstić information content (AvgIpc) is 2.31. The molecule has 19 heavy (non-hydrogen) atoms. The second-order valence-corrected chi connectivity index (χ2v) is 4.07. The number of hydrogen-bond donors (Lipinski definition) is 3. The van der Waals surface area contributed by atoms with Crippen molar-refractivity contribution >= 4 is 29.4 Å². The molecule has 1 aromatic carbocycles. The summed E-state index contributed by atoms with van der Waals surface area (Å²) >= 11 is 5.45. The number of primary amides is 1. The van der Waals surface area contributed by atoms with Gasteiger partial charge in [-0.2, -0.15) is 0 Å². The second kappa shape index (κ2) is 6.14. The van der Waals surface area contributed by atoms with E-state index >= 15 is 0 Å². The molecule has 0 bridgehead atoms. The summed E-state index contributed by atoms with van der Waals surface area (Å²) in [5.74, 6) is -3.95. The first kappa shape index (κ1) is 14.9. The quantitative estimate of drug-likeness (QED) is 0.734. The summed E-state index contributed by atoms with van der Waals surface area (Å²) in [7, 11) is 0. The number of carbonyl (C=O) groups excluding carboxylic acids is 2. The van der Waals surface area contributed by atoms with E-state index in [1.165, 1.54) is 6.07 Å². The van der Waals surface area contributed by atoms with Crippen LogP contribution in [0.4, 0.5) is 4.39 Å². The Hall–Kier alpha value is -2.15. The standard InChI is InChI=1S/C11H10ClFN2O4/c12-6-2-1-5(3-7(6)13)10(17)15-8(11(18)19)4-9(14)16/h1-3,8H,4H2,(H2,14,16)(H,15,17)(H,18,19)/t8-/m0/s1. The maximum atomic E-state index is 13.1. The van der Waals surface area contributed by atoms with E-state index in [0.717, 1.165) is 12.1 Å². The Kier molecular flexibility index (Phi) is 4.82. The molecule has 0 spiro atoms. The van der Waals surface area contributed by atoms with Gasteiger partial charge in [0.1, 0.15) is 11.9 Å². The van der Waals surface area contributed by atoms with Gasteiger partial charge in [0.15, 0.2) is 0 Å². The zero-order valence-electron chi connectivity index (χ0n) is 9.52. The van der Waals surface area contributed by atoms with Crippen LogP contribution in [0.1, 0.15) is 16.8 Å². The number of rotatable bonds is 5. The molecule has 0 aliphatic rings. The molecule has 0 aliphatic carbocycles. The van der Waals surface area contributed by atoms with Gasteiger partial charge in [0, 0.05) is 5.56 Å². The molecule has 102 valence electrons. The Labute approximate surface area is 112 Å². The van der Waals surface area contributed by atoms with E-state index in [1.807, 2.05) is 0 Å². The number of carbonyl (C=O) groups is 3. The van der Waals surface area contributed by atoms with E-state index in [1.54, 1.807) is 0 Å². The van der Waals surface area contributed by atoms with Crippen LogP contribution < -0.4 is 11.1 Å². The number of hydrogen-bond acceptors (Lipinski definition) is 3. The summed E-state index contributed by atoms with van der Waals surface area (Å²) in [5, 5.41) is 10.7. The summed E-state index contributed by atoms with van der Waals surface area (Å²) in [4.78, 5) is 33.1. The van der Waals surface area contributed by atoms with Gasteiger partial charge in [-0.25, -0.2) is 9.18 Å². The van der Waals surface area contributed by atoms with Gasteiger partial charge in [-0.15, -0.1) is 0 Å². The Morgan fingerprint density at radius 1 is 1.42 bits per heavy atom. The molecule has 0 aliphatic heterocycles. The van der Waals surface area contributed by atoms with Gasteiger partial charge in [-0.1, -0.05) is 11.6 Å². The van der Waals surface area contributed by atoms with Crippen LogP contribution in [0.5, 0.6) is 0 Å². The van der Waals surface area contributed by atoms with Gasteiger partial charge in [0.25, 0.3) is 5.91 Å². The van der Waals surface area contributed by atoms with Gasteiger partial charge >= 0.3 is 5.97 Å². The normalized spacial score (nSPS) is 11.7. The molecule has 0 aromatic heterocycles. The minimum atomic E-state index is -1.47. The van der Waals surface area contributed by atoms with Crippen LogP contribution in [-0.4, -0.2) is 28.9 Å². The van der Waals surface area contributed by atoms with Crippen LogP contribution in [-0.2, 0) is 9.59 Å². The molecule has 1 aromatic rings. The molecule has 0 heterocycles. The maximum Gasteiger partial charge on any atom is 0.326 e. The Balaban J connectivity index is 2.84. The van der Waals surface area contributed by atoms with Crippen molar-refractivity contribution in [3.8, 4) is 0 Å². The van der Waals surface area contributed by atoms with Crippen LogP contribution in [0.25, 0.3) is 0 Å². The van der Waals surface area contributed by atoms with Gasteiger partial charge in [-0.3, -0.25) is 9.59 Å². The molecule has 0 radical (unpaired) electrons. The van der Waals surface area contributed by atoms with Crippen molar-refractivity contribution < 1.29 is 23.9 Å². The molecule has 2 amide bonds. The van der Waals surface area contributed by atoms with Crippen LogP contribution in [0.2, 0.25) is 5.02 Å². The van der Waals surface area contributed by atoms with E-state index in [9.17, 15) is 18.8 Å². The molecular formula is C11H10ClFN2O4. The van der Waals surface area contributed by atoms with E-state index in [0.29, 0.717) is 0 Å². The fraction of sp³-hybridized carbons (Fsp3) is 0.182. The molecule has 1 rings (SSSR count). The number of amides is 2. The van der Waals surface area contributed by atoms with Gasteiger partial charge in [-0.05, 0) is 18.2 Å². The van der Waals surface area contributed by atoms with Crippen molar-refractivity contribution in [1.82, 2.24) is 5.32 Å². The predicted molar refractivity (Wildman–Crippen MR) is 64.1 cm³/mol. The number of halogens is 2. The lowest BCUT2D eigenvalue weighted by Crippen LogP contribution is -2.43. The van der Waals surface area contributed by atoms with Crippen LogP contribution >= 0.6 is 11.6 Å². The molecule has 6 nitrogen and oxygen atoms in total. The van der Waals surface area contributed by atoms with Crippen molar-refractivity contribution in [3.05, 3.63) is 34.6 Å². The third-order valence-electron chi connectivity index (χ3n) is 2.19. The van der Waals surface area contributed by atoms with Crippen LogP contribution in [0.3, 0.4) is 0 Å². The smallest absolute Gasteiger partial charge is 0.326 e. The van der Waals surface area contributed by atoms with Crippen LogP contribution in [0.15, 0.2) is 18.2 Å².